The van der Waals surface area contributed by atoms with Gasteiger partial charge in [-0.1, -0.05) is 6.07 Å². The largest absolute Gasteiger partial charge is 0.461 e. The molecule has 1 aliphatic carbocycles. The average Bonchev–Trinajstić information content (AvgIpc) is 3.44. The number of nitrogens with two attached hydrogens (primary N) is 1. The van der Waals surface area contributed by atoms with Crippen molar-refractivity contribution in [2.75, 3.05) is 43.4 Å². The number of alkyl halides is 1. The van der Waals surface area contributed by atoms with Crippen LogP contribution < -0.4 is 15.4 Å². The lowest BCUT2D eigenvalue weighted by Gasteiger charge is -2.43. The minimum Gasteiger partial charge on any atom is -0.461 e. The third kappa shape index (κ3) is 4.00. The van der Waals surface area contributed by atoms with Crippen LogP contribution in [-0.4, -0.2) is 59.4 Å². The summed E-state index contributed by atoms with van der Waals surface area (Å²) >= 11 is 0. The Morgan fingerprint density at radius 2 is 2.11 bits per heavy atom. The number of hydrogen-bond acceptors (Lipinski definition) is 8. The Bertz CT molecular complexity index is 1280. The van der Waals surface area contributed by atoms with Crippen molar-refractivity contribution >= 4 is 11.5 Å². The predicted octanol–water partition coefficient (Wildman–Crippen LogP) is 4.04. The van der Waals surface area contributed by atoms with E-state index in [0.29, 0.717) is 49.9 Å². The lowest BCUT2D eigenvalue weighted by Crippen LogP contribution is -2.44. The number of nitrogen functional groups attached to an aromatic ring is 1. The number of aryl methyl sites for hydroxylation is 1. The van der Waals surface area contributed by atoms with E-state index in [1.165, 1.54) is 0 Å². The molecule has 6 rings (SSSR count). The molecule has 3 aliphatic heterocycles. The maximum atomic E-state index is 14.3. The first-order chi connectivity index (χ1) is 18.4. The van der Waals surface area contributed by atoms with E-state index in [1.807, 2.05) is 12.1 Å². The second-order valence-corrected chi connectivity index (χ2v) is 11.3. The summed E-state index contributed by atoms with van der Waals surface area (Å²) in [4.78, 5) is 14.3. The summed E-state index contributed by atoms with van der Waals surface area (Å²) in [5.74, 6) is 0.838. The van der Waals surface area contributed by atoms with Crippen molar-refractivity contribution in [1.29, 1.82) is 5.26 Å². The molecule has 0 radical (unpaired) electrons. The van der Waals surface area contributed by atoms with Crippen molar-refractivity contribution in [3.63, 3.8) is 0 Å². The number of rotatable bonds is 6. The molecule has 0 saturated carbocycles. The van der Waals surface area contributed by atoms with Gasteiger partial charge < -0.3 is 20.1 Å². The molecule has 38 heavy (non-hydrogen) atoms. The predicted molar refractivity (Wildman–Crippen MR) is 143 cm³/mol. The SMILES string of the molecule is CCN(CC)c1nc(OCC23CCCN2CC(F)C3)nc2c1COC1(CCCc3ccc(N)c(C#N)c31)C2. The van der Waals surface area contributed by atoms with E-state index < -0.39 is 11.8 Å². The van der Waals surface area contributed by atoms with Gasteiger partial charge in [-0.15, -0.1) is 0 Å². The van der Waals surface area contributed by atoms with Gasteiger partial charge in [-0.3, -0.25) is 4.90 Å². The smallest absolute Gasteiger partial charge is 0.318 e. The molecule has 0 bridgehead atoms. The van der Waals surface area contributed by atoms with E-state index in [0.717, 1.165) is 79.9 Å². The Hall–Kier alpha value is -2.96. The number of aromatic nitrogens is 2. The molecule has 3 atom stereocenters. The van der Waals surface area contributed by atoms with Gasteiger partial charge in [0.1, 0.15) is 30.3 Å². The molecule has 8 nitrogen and oxygen atoms in total. The van der Waals surface area contributed by atoms with Gasteiger partial charge in [-0.2, -0.15) is 15.2 Å². The first-order valence-electron chi connectivity index (χ1n) is 14.0. The highest BCUT2D eigenvalue weighted by Gasteiger charge is 2.50. The van der Waals surface area contributed by atoms with Crippen molar-refractivity contribution in [3.05, 3.63) is 40.1 Å². The quantitative estimate of drug-likeness (QED) is 0.570. The molecular weight excluding hydrogens is 483 g/mol. The fraction of sp³-hybridized carbons (Fsp3) is 0.621. The number of anilines is 2. The molecule has 2 N–H and O–H groups in total. The van der Waals surface area contributed by atoms with Crippen LogP contribution in [0.25, 0.3) is 0 Å². The summed E-state index contributed by atoms with van der Waals surface area (Å²) in [7, 11) is 0. The second kappa shape index (κ2) is 9.65. The van der Waals surface area contributed by atoms with Crippen LogP contribution in [0, 0.1) is 11.3 Å². The summed E-state index contributed by atoms with van der Waals surface area (Å²) in [6.45, 7) is 7.97. The van der Waals surface area contributed by atoms with Crippen LogP contribution >= 0.6 is 0 Å². The van der Waals surface area contributed by atoms with Crippen LogP contribution in [0.1, 0.15) is 73.9 Å². The van der Waals surface area contributed by atoms with Gasteiger partial charge in [0.25, 0.3) is 0 Å². The van der Waals surface area contributed by atoms with Crippen molar-refractivity contribution in [2.45, 2.75) is 82.7 Å². The lowest BCUT2D eigenvalue weighted by molar-refractivity contribution is -0.0857. The number of benzene rings is 1. The zero-order chi connectivity index (χ0) is 26.5. The zero-order valence-electron chi connectivity index (χ0n) is 22.4. The molecule has 0 amide bonds. The Balaban J connectivity index is 1.38. The molecule has 3 unspecified atom stereocenters. The molecule has 2 saturated heterocycles. The van der Waals surface area contributed by atoms with Gasteiger partial charge in [0, 0.05) is 49.3 Å². The van der Waals surface area contributed by atoms with E-state index >= 15 is 0 Å². The lowest BCUT2D eigenvalue weighted by atomic mass is 9.72. The van der Waals surface area contributed by atoms with Crippen molar-refractivity contribution in [2.24, 2.45) is 0 Å². The van der Waals surface area contributed by atoms with Gasteiger partial charge in [0.2, 0.25) is 0 Å². The topological polar surface area (TPSA) is 101 Å². The van der Waals surface area contributed by atoms with Gasteiger partial charge in [-0.05, 0) is 64.1 Å². The summed E-state index contributed by atoms with van der Waals surface area (Å²) in [6.07, 6.45) is 4.91. The summed E-state index contributed by atoms with van der Waals surface area (Å²) in [6, 6.07) is 6.56. The fourth-order valence-electron chi connectivity index (χ4n) is 7.34. The Morgan fingerprint density at radius 3 is 2.89 bits per heavy atom. The first kappa shape index (κ1) is 25.3. The van der Waals surface area contributed by atoms with E-state index in [2.05, 4.69) is 29.7 Å². The van der Waals surface area contributed by atoms with Crippen molar-refractivity contribution < 1.29 is 13.9 Å². The van der Waals surface area contributed by atoms with Gasteiger partial charge in [0.05, 0.1) is 23.4 Å². The van der Waals surface area contributed by atoms with E-state index in [-0.39, 0.29) is 5.54 Å². The Labute approximate surface area is 223 Å². The first-order valence-corrected chi connectivity index (χ1v) is 14.0. The molecule has 2 fully saturated rings. The highest BCUT2D eigenvalue weighted by atomic mass is 19.1. The standard InChI is InChI=1S/C29H37FN6O2/c1-3-35(4-2)26-22-17-38-29(11-5-7-19-8-9-23(32)21(15-31)25(19)29)14-24(22)33-27(34-26)37-18-28-10-6-12-36(28)16-20(30)13-28/h8-9,20H,3-7,10-14,16-18,32H2,1-2H3. The Morgan fingerprint density at radius 1 is 1.26 bits per heavy atom. The van der Waals surface area contributed by atoms with Crippen LogP contribution in [0.5, 0.6) is 6.01 Å². The fourth-order valence-corrected chi connectivity index (χ4v) is 7.34. The summed E-state index contributed by atoms with van der Waals surface area (Å²) in [5.41, 5.74) is 10.3. The van der Waals surface area contributed by atoms with E-state index in [4.69, 9.17) is 25.2 Å². The number of hydrogen-bond donors (Lipinski definition) is 1. The second-order valence-electron chi connectivity index (χ2n) is 11.3. The molecule has 4 aliphatic rings. The number of fused-ring (bicyclic) bond motifs is 4. The number of halogens is 1. The van der Waals surface area contributed by atoms with Crippen LogP contribution in [0.3, 0.4) is 0 Å². The van der Waals surface area contributed by atoms with Crippen LogP contribution in [0.15, 0.2) is 12.1 Å². The molecular formula is C29H37FN6O2. The molecule has 2 aromatic rings. The third-order valence-corrected chi connectivity index (χ3v) is 9.21. The zero-order valence-corrected chi connectivity index (χ0v) is 22.4. The minimum absolute atomic E-state index is 0.264. The normalized spacial score (nSPS) is 28.0. The summed E-state index contributed by atoms with van der Waals surface area (Å²) in [5, 5.41) is 10.0. The van der Waals surface area contributed by atoms with Gasteiger partial charge in [0.15, 0.2) is 0 Å². The van der Waals surface area contributed by atoms with Crippen LogP contribution in [-0.2, 0) is 29.8 Å². The molecule has 1 aromatic heterocycles. The monoisotopic (exact) mass is 520 g/mol. The van der Waals surface area contributed by atoms with Crippen LogP contribution in [0.4, 0.5) is 15.9 Å². The third-order valence-electron chi connectivity index (χ3n) is 9.21. The van der Waals surface area contributed by atoms with E-state index in [1.54, 1.807) is 0 Å². The minimum atomic E-state index is -0.806. The van der Waals surface area contributed by atoms with Gasteiger partial charge >= 0.3 is 6.01 Å². The maximum absolute atomic E-state index is 14.3. The number of ether oxygens (including phenoxy) is 2. The summed E-state index contributed by atoms with van der Waals surface area (Å²) < 4.78 is 27.3. The molecule has 1 spiro atoms. The molecule has 9 heteroatoms. The maximum Gasteiger partial charge on any atom is 0.318 e. The molecule has 4 heterocycles. The van der Waals surface area contributed by atoms with Crippen molar-refractivity contribution in [1.82, 2.24) is 14.9 Å². The molecule has 1 aromatic carbocycles. The average molecular weight is 521 g/mol. The highest BCUT2D eigenvalue weighted by molar-refractivity contribution is 5.63. The van der Waals surface area contributed by atoms with Crippen molar-refractivity contribution in [3.8, 4) is 12.1 Å². The van der Waals surface area contributed by atoms with E-state index in [9.17, 15) is 9.65 Å². The number of nitriles is 1. The molecule has 202 valence electrons. The highest BCUT2D eigenvalue weighted by Crippen LogP contribution is 2.48. The van der Waals surface area contributed by atoms with Crippen LogP contribution in [0.2, 0.25) is 0 Å². The Kier molecular flexibility index (Phi) is 6.43. The van der Waals surface area contributed by atoms with Gasteiger partial charge in [-0.25, -0.2) is 4.39 Å². The number of nitrogens with zero attached hydrogens (tertiary/aromatic N) is 5.